The zero-order chi connectivity index (χ0) is 22.3. The second-order valence-electron chi connectivity index (χ2n) is 7.15. The van der Waals surface area contributed by atoms with Gasteiger partial charge >= 0.3 is 0 Å². The van der Waals surface area contributed by atoms with E-state index in [1.165, 1.54) is 11.0 Å². The molecule has 0 bridgehead atoms. The number of nitrogens with zero attached hydrogens (tertiary/aromatic N) is 3. The molecule has 0 atom stereocenters. The fourth-order valence-corrected chi connectivity index (χ4v) is 3.26. The van der Waals surface area contributed by atoms with E-state index in [0.717, 1.165) is 11.3 Å². The summed E-state index contributed by atoms with van der Waals surface area (Å²) in [5, 5.41) is 7.11. The number of nitrogens with one attached hydrogen (secondary N) is 1. The standard InChI is InChI=1S/C24H24N4O4/c1-2-27(17-23(29)26-19-9-10-21-22(14-19)32-13-12-31-21)24(30)11-8-18-15-25-28(16-18)20-6-4-3-5-7-20/h3-11,14-16H,2,12-13,17H2,1H3,(H,26,29)/b11-8+. The number of rotatable bonds is 7. The smallest absolute Gasteiger partial charge is 0.247 e. The molecule has 2 amide bonds. The third kappa shape index (κ3) is 5.15. The topological polar surface area (TPSA) is 85.7 Å². The van der Waals surface area contributed by atoms with Crippen LogP contribution in [0.25, 0.3) is 11.8 Å². The Morgan fingerprint density at radius 3 is 2.69 bits per heavy atom. The van der Waals surface area contributed by atoms with E-state index in [1.54, 1.807) is 35.2 Å². The van der Waals surface area contributed by atoms with Crippen molar-refractivity contribution in [2.75, 3.05) is 31.6 Å². The first-order valence-corrected chi connectivity index (χ1v) is 10.4. The van der Waals surface area contributed by atoms with Crippen molar-refractivity contribution in [3.8, 4) is 17.2 Å². The second-order valence-corrected chi connectivity index (χ2v) is 7.15. The maximum absolute atomic E-state index is 12.6. The third-order valence-corrected chi connectivity index (χ3v) is 4.90. The van der Waals surface area contributed by atoms with Gasteiger partial charge in [-0.3, -0.25) is 9.59 Å². The van der Waals surface area contributed by atoms with E-state index in [2.05, 4.69) is 10.4 Å². The van der Waals surface area contributed by atoms with E-state index in [9.17, 15) is 9.59 Å². The van der Waals surface area contributed by atoms with Crippen molar-refractivity contribution in [2.24, 2.45) is 0 Å². The number of hydrogen-bond donors (Lipinski definition) is 1. The first-order chi connectivity index (χ1) is 15.6. The quantitative estimate of drug-likeness (QED) is 0.580. The van der Waals surface area contributed by atoms with Gasteiger partial charge in [-0.1, -0.05) is 18.2 Å². The molecule has 0 saturated carbocycles. The van der Waals surface area contributed by atoms with Crippen molar-refractivity contribution in [3.63, 3.8) is 0 Å². The monoisotopic (exact) mass is 432 g/mol. The minimum Gasteiger partial charge on any atom is -0.486 e. The molecule has 3 aromatic rings. The number of ether oxygens (including phenoxy) is 2. The van der Waals surface area contributed by atoms with Crippen LogP contribution < -0.4 is 14.8 Å². The summed E-state index contributed by atoms with van der Waals surface area (Å²) in [5.74, 6) is 0.705. The fraction of sp³-hybridized carbons (Fsp3) is 0.208. The highest BCUT2D eigenvalue weighted by Crippen LogP contribution is 2.32. The first kappa shape index (κ1) is 21.2. The van der Waals surface area contributed by atoms with Gasteiger partial charge in [0.25, 0.3) is 0 Å². The highest BCUT2D eigenvalue weighted by molar-refractivity contribution is 5.98. The van der Waals surface area contributed by atoms with Gasteiger partial charge in [-0.05, 0) is 37.3 Å². The molecule has 1 aliphatic heterocycles. The van der Waals surface area contributed by atoms with Gasteiger partial charge in [-0.15, -0.1) is 0 Å². The Balaban J connectivity index is 1.34. The van der Waals surface area contributed by atoms with Gasteiger partial charge in [0, 0.05) is 36.1 Å². The molecular weight excluding hydrogens is 408 g/mol. The van der Waals surface area contributed by atoms with Crippen molar-refractivity contribution in [3.05, 3.63) is 72.6 Å². The number of benzene rings is 2. The minimum atomic E-state index is -0.290. The lowest BCUT2D eigenvalue weighted by Crippen LogP contribution is -2.36. The summed E-state index contributed by atoms with van der Waals surface area (Å²) in [5.41, 5.74) is 2.31. The molecule has 32 heavy (non-hydrogen) atoms. The fourth-order valence-electron chi connectivity index (χ4n) is 3.26. The lowest BCUT2D eigenvalue weighted by Gasteiger charge is -2.20. The molecule has 2 heterocycles. The Hall–Kier alpha value is -4.07. The van der Waals surface area contributed by atoms with Crippen molar-refractivity contribution < 1.29 is 19.1 Å². The number of carbonyl (C=O) groups is 2. The van der Waals surface area contributed by atoms with Crippen LogP contribution in [0.4, 0.5) is 5.69 Å². The van der Waals surface area contributed by atoms with Crippen molar-refractivity contribution >= 4 is 23.6 Å². The highest BCUT2D eigenvalue weighted by Gasteiger charge is 2.16. The van der Waals surface area contributed by atoms with Crippen LogP contribution in [0.5, 0.6) is 11.5 Å². The molecule has 0 aliphatic carbocycles. The predicted octanol–water partition coefficient (Wildman–Crippen LogP) is 3.14. The summed E-state index contributed by atoms with van der Waals surface area (Å²) in [6.07, 6.45) is 6.66. The van der Waals surface area contributed by atoms with Crippen LogP contribution in [0.15, 0.2) is 67.0 Å². The minimum absolute atomic E-state index is 0.0581. The van der Waals surface area contributed by atoms with Crippen LogP contribution in [0.3, 0.4) is 0 Å². The van der Waals surface area contributed by atoms with Crippen LogP contribution in [-0.2, 0) is 9.59 Å². The summed E-state index contributed by atoms with van der Waals surface area (Å²) in [7, 11) is 0. The molecule has 0 fully saturated rings. The zero-order valence-electron chi connectivity index (χ0n) is 17.7. The molecule has 1 aromatic heterocycles. The summed E-state index contributed by atoms with van der Waals surface area (Å²) in [4.78, 5) is 26.5. The lowest BCUT2D eigenvalue weighted by molar-refractivity contribution is -0.130. The summed E-state index contributed by atoms with van der Waals surface area (Å²) in [6, 6.07) is 14.9. The number of fused-ring (bicyclic) bond motifs is 1. The number of carbonyl (C=O) groups excluding carboxylic acids is 2. The Bertz CT molecular complexity index is 1120. The number of amides is 2. The van der Waals surface area contributed by atoms with Crippen LogP contribution >= 0.6 is 0 Å². The van der Waals surface area contributed by atoms with Gasteiger partial charge in [0.05, 0.1) is 11.9 Å². The molecule has 4 rings (SSSR count). The van der Waals surface area contributed by atoms with E-state index in [4.69, 9.17) is 9.47 Å². The van der Waals surface area contributed by atoms with Gasteiger partial charge in [-0.25, -0.2) is 4.68 Å². The molecule has 8 heteroatoms. The van der Waals surface area contributed by atoms with E-state index in [1.807, 2.05) is 43.5 Å². The molecule has 1 aliphatic rings. The first-order valence-electron chi connectivity index (χ1n) is 10.4. The van der Waals surface area contributed by atoms with Gasteiger partial charge in [0.15, 0.2) is 11.5 Å². The predicted molar refractivity (Wildman–Crippen MR) is 121 cm³/mol. The van der Waals surface area contributed by atoms with Crippen LogP contribution in [0, 0.1) is 0 Å². The average molecular weight is 432 g/mol. The number of para-hydroxylation sites is 1. The molecule has 0 unspecified atom stereocenters. The number of anilines is 1. The van der Waals surface area contributed by atoms with Gasteiger partial charge < -0.3 is 19.7 Å². The Kier molecular flexibility index (Phi) is 6.50. The average Bonchev–Trinajstić information content (AvgIpc) is 3.30. The van der Waals surface area contributed by atoms with Crippen LogP contribution in [0.1, 0.15) is 12.5 Å². The normalized spacial score (nSPS) is 12.5. The molecule has 8 nitrogen and oxygen atoms in total. The number of aromatic nitrogens is 2. The van der Waals surface area contributed by atoms with Crippen molar-refractivity contribution in [1.82, 2.24) is 14.7 Å². The van der Waals surface area contributed by atoms with E-state index >= 15 is 0 Å². The van der Waals surface area contributed by atoms with Crippen LogP contribution in [-0.4, -0.2) is 52.8 Å². The zero-order valence-corrected chi connectivity index (χ0v) is 17.7. The number of likely N-dealkylation sites (N-methyl/N-ethyl adjacent to an activating group) is 1. The molecule has 1 N–H and O–H groups in total. The molecule has 2 aromatic carbocycles. The Labute approximate surface area is 186 Å². The van der Waals surface area contributed by atoms with Crippen molar-refractivity contribution in [2.45, 2.75) is 6.92 Å². The van der Waals surface area contributed by atoms with Gasteiger partial charge in [-0.2, -0.15) is 5.10 Å². The maximum Gasteiger partial charge on any atom is 0.247 e. The highest BCUT2D eigenvalue weighted by atomic mass is 16.6. The van der Waals surface area contributed by atoms with E-state index in [0.29, 0.717) is 36.9 Å². The molecule has 0 spiro atoms. The Morgan fingerprint density at radius 1 is 1.12 bits per heavy atom. The molecule has 0 radical (unpaired) electrons. The van der Waals surface area contributed by atoms with E-state index < -0.39 is 0 Å². The summed E-state index contributed by atoms with van der Waals surface area (Å²) < 4.78 is 12.8. The largest absolute Gasteiger partial charge is 0.486 e. The Morgan fingerprint density at radius 2 is 1.91 bits per heavy atom. The molecular formula is C24H24N4O4. The third-order valence-electron chi connectivity index (χ3n) is 4.90. The maximum atomic E-state index is 12.6. The van der Waals surface area contributed by atoms with Gasteiger partial charge in [0.1, 0.15) is 19.8 Å². The van der Waals surface area contributed by atoms with Gasteiger partial charge in [0.2, 0.25) is 11.8 Å². The lowest BCUT2D eigenvalue weighted by atomic mass is 10.2. The van der Waals surface area contributed by atoms with Crippen molar-refractivity contribution in [1.29, 1.82) is 0 Å². The molecule has 164 valence electrons. The summed E-state index contributed by atoms with van der Waals surface area (Å²) >= 11 is 0. The SMILES string of the molecule is CCN(CC(=O)Nc1ccc2c(c1)OCCO2)C(=O)/C=C/c1cnn(-c2ccccc2)c1. The summed E-state index contributed by atoms with van der Waals surface area (Å²) in [6.45, 7) is 3.15. The van der Waals surface area contributed by atoms with Crippen LogP contribution in [0.2, 0.25) is 0 Å². The molecule has 0 saturated heterocycles. The second kappa shape index (κ2) is 9.82. The van der Waals surface area contributed by atoms with E-state index in [-0.39, 0.29) is 18.4 Å². The number of hydrogen-bond acceptors (Lipinski definition) is 5.